The summed E-state index contributed by atoms with van der Waals surface area (Å²) in [6.07, 6.45) is 0.991. The molecule has 0 aliphatic rings. The quantitative estimate of drug-likeness (QED) is 0.483. The molecule has 6 nitrogen and oxygen atoms in total. The van der Waals surface area contributed by atoms with Crippen LogP contribution in [-0.2, 0) is 0 Å². The van der Waals surface area contributed by atoms with Gasteiger partial charge in [0.2, 0.25) is 5.96 Å². The maximum atomic E-state index is 5.59. The van der Waals surface area contributed by atoms with Gasteiger partial charge in [0.1, 0.15) is 10.8 Å². The normalized spacial score (nSPS) is 11.3. The molecule has 1 aromatic heterocycles. The molecule has 1 aromatic carbocycles. The summed E-state index contributed by atoms with van der Waals surface area (Å²) < 4.78 is 5.59. The van der Waals surface area contributed by atoms with E-state index in [0.29, 0.717) is 0 Å². The summed E-state index contributed by atoms with van der Waals surface area (Å²) in [6.45, 7) is 6.61. The molecular weight excluding hydrogens is 310 g/mol. The average Bonchev–Trinajstić information content (AvgIpc) is 2.93. The molecule has 0 saturated carbocycles. The van der Waals surface area contributed by atoms with Crippen molar-refractivity contribution in [2.24, 2.45) is 21.7 Å². The molecule has 0 amide bonds. The molecule has 0 radical (unpaired) electrons. The van der Waals surface area contributed by atoms with Gasteiger partial charge in [0.05, 0.1) is 22.9 Å². The van der Waals surface area contributed by atoms with E-state index in [-0.39, 0.29) is 5.96 Å². The van der Waals surface area contributed by atoms with Crippen molar-refractivity contribution >= 4 is 23.0 Å². The number of benzene rings is 1. The van der Waals surface area contributed by atoms with Crippen LogP contribution in [0.25, 0.3) is 10.6 Å². The smallest absolute Gasteiger partial charge is 0.211 e. The first-order chi connectivity index (χ1) is 11.0. The summed E-state index contributed by atoms with van der Waals surface area (Å²) in [5.41, 5.74) is 13.3. The van der Waals surface area contributed by atoms with E-state index in [9.17, 15) is 0 Å². The molecule has 2 aromatic rings. The van der Waals surface area contributed by atoms with Crippen molar-refractivity contribution < 1.29 is 4.74 Å². The molecule has 0 saturated heterocycles. The van der Waals surface area contributed by atoms with Crippen molar-refractivity contribution in [3.8, 4) is 16.3 Å². The molecule has 0 atom stereocenters. The summed E-state index contributed by atoms with van der Waals surface area (Å²) in [5, 5.41) is 8.63. The predicted molar refractivity (Wildman–Crippen MR) is 96.1 cm³/mol. The second-order valence-corrected chi connectivity index (χ2v) is 6.02. The van der Waals surface area contributed by atoms with Gasteiger partial charge in [-0.15, -0.1) is 16.4 Å². The topological polar surface area (TPSA) is 98.9 Å². The third-order valence-electron chi connectivity index (χ3n) is 3.01. The van der Waals surface area contributed by atoms with Crippen LogP contribution >= 0.6 is 11.3 Å². The first-order valence-corrected chi connectivity index (χ1v) is 8.17. The molecule has 0 unspecified atom stereocenters. The van der Waals surface area contributed by atoms with E-state index < -0.39 is 0 Å². The number of hydrogen-bond acceptors (Lipinski definition) is 5. The molecule has 0 bridgehead atoms. The van der Waals surface area contributed by atoms with Gasteiger partial charge in [-0.05, 0) is 44.5 Å². The Hall–Kier alpha value is -2.41. The van der Waals surface area contributed by atoms with Crippen LogP contribution in [0.3, 0.4) is 0 Å². The zero-order chi connectivity index (χ0) is 16.8. The van der Waals surface area contributed by atoms with Crippen molar-refractivity contribution in [2.75, 3.05) is 6.61 Å². The van der Waals surface area contributed by atoms with Crippen molar-refractivity contribution in [3.63, 3.8) is 0 Å². The standard InChI is InChI=1S/C16H21N5OS/c1-4-9-22-13-7-5-12(6-8-13)15-19-10(2)14(23-15)11(3)20-21-16(17)18/h5-8H,4,9H2,1-3H3,(H4,17,18,21)/b20-11+. The fraction of sp³-hybridized carbons (Fsp3) is 0.312. The van der Waals surface area contributed by atoms with Crippen molar-refractivity contribution in [3.05, 3.63) is 34.8 Å². The minimum absolute atomic E-state index is 0.0607. The Kier molecular flexibility index (Phi) is 5.70. The average molecular weight is 331 g/mol. The summed E-state index contributed by atoms with van der Waals surface area (Å²) in [4.78, 5) is 5.58. The lowest BCUT2D eigenvalue weighted by Gasteiger charge is -2.04. The highest BCUT2D eigenvalue weighted by molar-refractivity contribution is 7.17. The van der Waals surface area contributed by atoms with E-state index in [2.05, 4.69) is 22.1 Å². The first kappa shape index (κ1) is 17.0. The lowest BCUT2D eigenvalue weighted by atomic mass is 10.2. The molecule has 0 aliphatic heterocycles. The number of aryl methyl sites for hydroxylation is 1. The number of thiazole rings is 1. The minimum atomic E-state index is -0.0607. The van der Waals surface area contributed by atoms with Crippen molar-refractivity contribution in [2.45, 2.75) is 27.2 Å². The van der Waals surface area contributed by atoms with E-state index in [1.54, 1.807) is 11.3 Å². The molecule has 23 heavy (non-hydrogen) atoms. The van der Waals surface area contributed by atoms with Gasteiger partial charge in [-0.3, -0.25) is 0 Å². The second kappa shape index (κ2) is 7.73. The van der Waals surface area contributed by atoms with Gasteiger partial charge in [0, 0.05) is 5.56 Å². The molecule has 1 heterocycles. The Morgan fingerprint density at radius 3 is 2.52 bits per heavy atom. The van der Waals surface area contributed by atoms with Gasteiger partial charge in [0.15, 0.2) is 0 Å². The summed E-state index contributed by atoms with van der Waals surface area (Å²) in [5.74, 6) is 0.809. The minimum Gasteiger partial charge on any atom is -0.494 e. The van der Waals surface area contributed by atoms with Crippen LogP contribution in [0.4, 0.5) is 0 Å². The maximum Gasteiger partial charge on any atom is 0.211 e. The monoisotopic (exact) mass is 331 g/mol. The number of aromatic nitrogens is 1. The van der Waals surface area contributed by atoms with Gasteiger partial charge in [0.25, 0.3) is 0 Å². The van der Waals surface area contributed by atoms with Crippen molar-refractivity contribution in [1.29, 1.82) is 0 Å². The molecule has 0 fully saturated rings. The Labute approximate surface area is 139 Å². The third-order valence-corrected chi connectivity index (χ3v) is 4.33. The number of nitrogens with two attached hydrogens (primary N) is 2. The van der Waals surface area contributed by atoms with Gasteiger partial charge < -0.3 is 16.2 Å². The number of hydrogen-bond donors (Lipinski definition) is 2. The van der Waals surface area contributed by atoms with E-state index in [4.69, 9.17) is 16.2 Å². The molecule has 0 spiro atoms. The summed E-state index contributed by atoms with van der Waals surface area (Å²) in [6, 6.07) is 7.94. The van der Waals surface area contributed by atoms with Crippen LogP contribution in [0.2, 0.25) is 0 Å². The van der Waals surface area contributed by atoms with Crippen LogP contribution in [0.1, 0.15) is 30.8 Å². The molecular formula is C16H21N5OS. The van der Waals surface area contributed by atoms with E-state index in [1.165, 1.54) is 0 Å². The zero-order valence-corrected chi connectivity index (χ0v) is 14.4. The Morgan fingerprint density at radius 1 is 1.22 bits per heavy atom. The Balaban J connectivity index is 2.23. The SMILES string of the molecule is CCCOc1ccc(-c2nc(C)c(/C(C)=N/N=C(N)N)s2)cc1. The molecule has 122 valence electrons. The summed E-state index contributed by atoms with van der Waals surface area (Å²) in [7, 11) is 0. The fourth-order valence-corrected chi connectivity index (χ4v) is 2.96. The predicted octanol–water partition coefficient (Wildman–Crippen LogP) is 2.90. The van der Waals surface area contributed by atoms with E-state index in [0.717, 1.165) is 45.6 Å². The number of guanidine groups is 1. The van der Waals surface area contributed by atoms with Crippen LogP contribution < -0.4 is 16.2 Å². The second-order valence-electron chi connectivity index (χ2n) is 5.02. The van der Waals surface area contributed by atoms with Gasteiger partial charge >= 0.3 is 0 Å². The maximum absolute atomic E-state index is 5.59. The van der Waals surface area contributed by atoms with Crippen LogP contribution in [0, 0.1) is 6.92 Å². The van der Waals surface area contributed by atoms with Crippen molar-refractivity contribution in [1.82, 2.24) is 4.98 Å². The number of ether oxygens (including phenoxy) is 1. The highest BCUT2D eigenvalue weighted by Crippen LogP contribution is 2.29. The van der Waals surface area contributed by atoms with Crippen LogP contribution in [-0.4, -0.2) is 23.3 Å². The highest BCUT2D eigenvalue weighted by Gasteiger charge is 2.12. The fourth-order valence-electron chi connectivity index (χ4n) is 1.95. The molecule has 0 aliphatic carbocycles. The Bertz CT molecular complexity index is 715. The number of nitrogens with zero attached hydrogens (tertiary/aromatic N) is 3. The van der Waals surface area contributed by atoms with Gasteiger partial charge in [-0.1, -0.05) is 6.92 Å². The van der Waals surface area contributed by atoms with Gasteiger partial charge in [-0.2, -0.15) is 5.10 Å². The van der Waals surface area contributed by atoms with Crippen LogP contribution in [0.5, 0.6) is 5.75 Å². The first-order valence-electron chi connectivity index (χ1n) is 7.35. The highest BCUT2D eigenvalue weighted by atomic mass is 32.1. The van der Waals surface area contributed by atoms with E-state index >= 15 is 0 Å². The van der Waals surface area contributed by atoms with Gasteiger partial charge in [-0.25, -0.2) is 4.98 Å². The van der Waals surface area contributed by atoms with E-state index in [1.807, 2.05) is 38.1 Å². The Morgan fingerprint density at radius 2 is 1.91 bits per heavy atom. The molecule has 4 N–H and O–H groups in total. The number of rotatable bonds is 6. The lowest BCUT2D eigenvalue weighted by Crippen LogP contribution is -2.22. The summed E-state index contributed by atoms with van der Waals surface area (Å²) >= 11 is 1.56. The third kappa shape index (κ3) is 4.53. The lowest BCUT2D eigenvalue weighted by molar-refractivity contribution is 0.317. The van der Waals surface area contributed by atoms with Crippen LogP contribution in [0.15, 0.2) is 34.5 Å². The molecule has 2 rings (SSSR count). The zero-order valence-electron chi connectivity index (χ0n) is 13.5. The largest absolute Gasteiger partial charge is 0.494 e. The molecule has 7 heteroatoms.